The van der Waals surface area contributed by atoms with Gasteiger partial charge in [-0.05, 0) is 43.9 Å². The van der Waals surface area contributed by atoms with Crippen molar-refractivity contribution in [2.45, 2.75) is 44.8 Å². The second-order valence-corrected chi connectivity index (χ2v) is 7.24. The van der Waals surface area contributed by atoms with Crippen molar-refractivity contribution in [2.24, 2.45) is 4.99 Å². The summed E-state index contributed by atoms with van der Waals surface area (Å²) in [6.45, 7) is 4.56. The summed E-state index contributed by atoms with van der Waals surface area (Å²) in [4.78, 5) is 4.59. The van der Waals surface area contributed by atoms with Crippen LogP contribution in [0.2, 0.25) is 0 Å². The molecule has 0 radical (unpaired) electrons. The van der Waals surface area contributed by atoms with Gasteiger partial charge in [0.25, 0.3) is 0 Å². The normalized spacial score (nSPS) is 18.6. The van der Waals surface area contributed by atoms with Gasteiger partial charge in [0.2, 0.25) is 0 Å². The third-order valence-corrected chi connectivity index (χ3v) is 4.86. The van der Waals surface area contributed by atoms with Crippen LogP contribution in [0.15, 0.2) is 52.1 Å². The van der Waals surface area contributed by atoms with Gasteiger partial charge in [-0.15, -0.1) is 0 Å². The Labute approximate surface area is 167 Å². The average Bonchev–Trinajstić information content (AvgIpc) is 3.23. The molecule has 3 rings (SSSR count). The van der Waals surface area contributed by atoms with E-state index < -0.39 is 6.10 Å². The first-order valence-electron chi connectivity index (χ1n) is 10.1. The van der Waals surface area contributed by atoms with E-state index in [0.29, 0.717) is 25.6 Å². The van der Waals surface area contributed by atoms with E-state index in [0.717, 1.165) is 42.8 Å². The zero-order chi connectivity index (χ0) is 19.6. The zero-order valence-corrected chi connectivity index (χ0v) is 16.6. The van der Waals surface area contributed by atoms with Crippen molar-refractivity contribution in [2.75, 3.05) is 26.2 Å². The highest BCUT2D eigenvalue weighted by atomic mass is 16.5. The maximum absolute atomic E-state index is 10.5. The van der Waals surface area contributed by atoms with Crippen molar-refractivity contribution in [3.63, 3.8) is 0 Å². The molecule has 1 aliphatic rings. The molecule has 3 N–H and O–H groups in total. The Bertz CT molecular complexity index is 724. The molecule has 1 saturated heterocycles. The topological polar surface area (TPSA) is 79.0 Å². The van der Waals surface area contributed by atoms with Crippen LogP contribution in [-0.4, -0.2) is 43.4 Å². The molecule has 6 nitrogen and oxygen atoms in total. The van der Waals surface area contributed by atoms with Crippen LogP contribution < -0.4 is 10.6 Å². The molecular formula is C22H31N3O3. The minimum Gasteiger partial charge on any atom is -0.469 e. The largest absolute Gasteiger partial charge is 0.469 e. The number of ether oxygens (including phenoxy) is 1. The summed E-state index contributed by atoms with van der Waals surface area (Å²) in [6.07, 6.45) is 5.45. The summed E-state index contributed by atoms with van der Waals surface area (Å²) >= 11 is 0. The minimum absolute atomic E-state index is 0.215. The number of aryl methyl sites for hydroxylation is 1. The molecule has 0 bridgehead atoms. The highest BCUT2D eigenvalue weighted by Gasteiger charge is 2.14. The summed E-state index contributed by atoms with van der Waals surface area (Å²) in [5.41, 5.74) is 2.01. The number of furan rings is 1. The fraction of sp³-hybridized carbons (Fsp3) is 0.500. The molecule has 152 valence electrons. The lowest BCUT2D eigenvalue weighted by Gasteiger charge is -2.24. The first-order valence-corrected chi connectivity index (χ1v) is 10.1. The maximum Gasteiger partial charge on any atom is 0.191 e. The molecule has 28 heavy (non-hydrogen) atoms. The van der Waals surface area contributed by atoms with E-state index >= 15 is 0 Å². The molecule has 6 heteroatoms. The summed E-state index contributed by atoms with van der Waals surface area (Å²) in [5.74, 6) is 1.62. The fourth-order valence-electron chi connectivity index (χ4n) is 3.27. The third-order valence-electron chi connectivity index (χ3n) is 4.86. The highest BCUT2D eigenvalue weighted by molar-refractivity contribution is 5.79. The lowest BCUT2D eigenvalue weighted by Crippen LogP contribution is -2.43. The van der Waals surface area contributed by atoms with Gasteiger partial charge in [-0.2, -0.15) is 0 Å². The highest BCUT2D eigenvalue weighted by Crippen LogP contribution is 2.15. The quantitative estimate of drug-likeness (QED) is 0.481. The third kappa shape index (κ3) is 6.69. The van der Waals surface area contributed by atoms with Gasteiger partial charge in [0.05, 0.1) is 25.0 Å². The van der Waals surface area contributed by atoms with Crippen LogP contribution in [0.25, 0.3) is 0 Å². The van der Waals surface area contributed by atoms with Crippen LogP contribution >= 0.6 is 0 Å². The lowest BCUT2D eigenvalue weighted by atomic mass is 10.1. The van der Waals surface area contributed by atoms with E-state index in [4.69, 9.17) is 9.15 Å². The van der Waals surface area contributed by atoms with E-state index in [2.05, 4.69) is 15.6 Å². The Morgan fingerprint density at radius 1 is 1.25 bits per heavy atom. The molecule has 2 aromatic rings. The SMILES string of the molecule is Cc1cccc(C(O)CN=C(NCCc2ccco2)NCC2CCCCO2)c1. The second kappa shape index (κ2) is 10.9. The van der Waals surface area contributed by atoms with Gasteiger partial charge >= 0.3 is 0 Å². The number of hydrogen-bond donors (Lipinski definition) is 3. The maximum atomic E-state index is 10.5. The molecule has 1 fully saturated rings. The number of nitrogens with one attached hydrogen (secondary N) is 2. The van der Waals surface area contributed by atoms with Crippen LogP contribution in [0.3, 0.4) is 0 Å². The predicted octanol–water partition coefficient (Wildman–Crippen LogP) is 2.97. The molecule has 2 heterocycles. The number of hydrogen-bond acceptors (Lipinski definition) is 4. The van der Waals surface area contributed by atoms with Crippen LogP contribution in [0, 0.1) is 6.92 Å². The Morgan fingerprint density at radius 2 is 2.18 bits per heavy atom. The number of rotatable bonds is 8. The van der Waals surface area contributed by atoms with Crippen LogP contribution in [0.1, 0.15) is 42.3 Å². The number of aliphatic hydroxyl groups is 1. The molecule has 1 aromatic heterocycles. The Hall–Kier alpha value is -2.31. The molecule has 1 aromatic carbocycles. The summed E-state index contributed by atoms with van der Waals surface area (Å²) in [7, 11) is 0. The van der Waals surface area contributed by atoms with E-state index in [1.54, 1.807) is 6.26 Å². The number of guanidine groups is 1. The van der Waals surface area contributed by atoms with Crippen LogP contribution in [-0.2, 0) is 11.2 Å². The smallest absolute Gasteiger partial charge is 0.191 e. The van der Waals surface area contributed by atoms with Crippen molar-refractivity contribution >= 4 is 5.96 Å². The fourth-order valence-corrected chi connectivity index (χ4v) is 3.27. The van der Waals surface area contributed by atoms with Crippen molar-refractivity contribution in [1.82, 2.24) is 10.6 Å². The predicted molar refractivity (Wildman–Crippen MR) is 110 cm³/mol. The Balaban J connectivity index is 1.55. The van der Waals surface area contributed by atoms with E-state index in [1.807, 2.05) is 43.3 Å². The first kappa shape index (κ1) is 20.4. The summed E-state index contributed by atoms with van der Waals surface area (Å²) in [5, 5.41) is 17.2. The molecule has 0 spiro atoms. The second-order valence-electron chi connectivity index (χ2n) is 7.24. The molecule has 0 amide bonds. The molecule has 0 aliphatic carbocycles. The average molecular weight is 386 g/mol. The van der Waals surface area contributed by atoms with Gasteiger partial charge in [-0.3, -0.25) is 4.99 Å². The van der Waals surface area contributed by atoms with Gasteiger partial charge in [-0.25, -0.2) is 0 Å². The summed E-state index contributed by atoms with van der Waals surface area (Å²) < 4.78 is 11.2. The number of aliphatic imine (C=N–C) groups is 1. The first-order chi connectivity index (χ1) is 13.7. The number of aliphatic hydroxyl groups excluding tert-OH is 1. The Kier molecular flexibility index (Phi) is 7.94. The molecule has 0 saturated carbocycles. The standard InChI is InChI=1S/C22H31N3O3/c1-17-6-4-7-18(14-17)21(26)16-25-22(23-11-10-19-9-5-13-27-19)24-15-20-8-2-3-12-28-20/h4-7,9,13-14,20-21,26H,2-3,8,10-12,15-16H2,1H3,(H2,23,24,25). The lowest BCUT2D eigenvalue weighted by molar-refractivity contribution is 0.0194. The van der Waals surface area contributed by atoms with Crippen molar-refractivity contribution in [3.05, 3.63) is 59.5 Å². The van der Waals surface area contributed by atoms with Gasteiger partial charge < -0.3 is 24.9 Å². The van der Waals surface area contributed by atoms with Gasteiger partial charge in [0.15, 0.2) is 5.96 Å². The number of nitrogens with zero attached hydrogens (tertiary/aromatic N) is 1. The van der Waals surface area contributed by atoms with Gasteiger partial charge in [0, 0.05) is 26.1 Å². The minimum atomic E-state index is -0.630. The van der Waals surface area contributed by atoms with Crippen molar-refractivity contribution in [3.8, 4) is 0 Å². The number of benzene rings is 1. The molecule has 2 atom stereocenters. The van der Waals surface area contributed by atoms with E-state index in [1.165, 1.54) is 6.42 Å². The van der Waals surface area contributed by atoms with Crippen molar-refractivity contribution < 1.29 is 14.3 Å². The van der Waals surface area contributed by atoms with E-state index in [-0.39, 0.29) is 6.10 Å². The van der Waals surface area contributed by atoms with Crippen LogP contribution in [0.4, 0.5) is 0 Å². The van der Waals surface area contributed by atoms with E-state index in [9.17, 15) is 5.11 Å². The monoisotopic (exact) mass is 385 g/mol. The van der Waals surface area contributed by atoms with Crippen molar-refractivity contribution in [1.29, 1.82) is 0 Å². The van der Waals surface area contributed by atoms with Gasteiger partial charge in [0.1, 0.15) is 5.76 Å². The van der Waals surface area contributed by atoms with Gasteiger partial charge in [-0.1, -0.05) is 29.8 Å². The summed E-state index contributed by atoms with van der Waals surface area (Å²) in [6, 6.07) is 11.8. The molecule has 2 unspecified atom stereocenters. The molecule has 1 aliphatic heterocycles. The molecular weight excluding hydrogens is 354 g/mol. The zero-order valence-electron chi connectivity index (χ0n) is 16.6. The van der Waals surface area contributed by atoms with Crippen LogP contribution in [0.5, 0.6) is 0 Å². The Morgan fingerprint density at radius 3 is 2.93 bits per heavy atom.